The van der Waals surface area contributed by atoms with Gasteiger partial charge in [-0.3, -0.25) is 0 Å². The third-order valence-corrected chi connectivity index (χ3v) is 3.28. The Morgan fingerprint density at radius 1 is 1.41 bits per heavy atom. The summed E-state index contributed by atoms with van der Waals surface area (Å²) >= 11 is 0. The number of piperidine rings is 1. The van der Waals surface area contributed by atoms with E-state index in [0.29, 0.717) is 24.5 Å². The molecule has 1 aliphatic heterocycles. The monoisotopic (exact) mass is 238 g/mol. The number of anilines is 1. The van der Waals surface area contributed by atoms with E-state index in [9.17, 15) is 0 Å². The van der Waals surface area contributed by atoms with Crippen LogP contribution >= 0.6 is 0 Å². The molecular weight excluding hydrogens is 216 g/mol. The van der Waals surface area contributed by atoms with E-state index in [0.717, 1.165) is 6.54 Å². The van der Waals surface area contributed by atoms with Crippen molar-refractivity contribution in [2.24, 2.45) is 0 Å². The Bertz CT molecular complexity index is 337. The van der Waals surface area contributed by atoms with Gasteiger partial charge in [0.1, 0.15) is 0 Å². The first kappa shape index (κ1) is 12.4. The van der Waals surface area contributed by atoms with Gasteiger partial charge in [-0.2, -0.15) is 0 Å². The summed E-state index contributed by atoms with van der Waals surface area (Å²) in [6.07, 6.45) is 6.21. The van der Waals surface area contributed by atoms with Crippen LogP contribution in [0.25, 0.3) is 0 Å². The first-order chi connectivity index (χ1) is 8.35. The van der Waals surface area contributed by atoms with E-state index in [4.69, 9.17) is 4.42 Å². The van der Waals surface area contributed by atoms with E-state index in [1.165, 1.54) is 32.1 Å². The van der Waals surface area contributed by atoms with Crippen molar-refractivity contribution >= 4 is 6.01 Å². The molecule has 0 amide bonds. The molecule has 5 nitrogen and oxygen atoms in total. The Kier molecular flexibility index (Phi) is 4.36. The van der Waals surface area contributed by atoms with Crippen LogP contribution in [-0.2, 0) is 6.54 Å². The molecule has 17 heavy (non-hydrogen) atoms. The molecule has 1 saturated heterocycles. The minimum atomic E-state index is 0.580. The lowest BCUT2D eigenvalue weighted by Crippen LogP contribution is -2.39. The van der Waals surface area contributed by atoms with E-state index >= 15 is 0 Å². The molecule has 1 aromatic heterocycles. The van der Waals surface area contributed by atoms with Gasteiger partial charge in [0.25, 0.3) is 0 Å². The lowest BCUT2D eigenvalue weighted by molar-refractivity contribution is 0.389. The van der Waals surface area contributed by atoms with Gasteiger partial charge in [-0.15, -0.1) is 5.10 Å². The van der Waals surface area contributed by atoms with E-state index in [1.54, 1.807) is 0 Å². The zero-order valence-corrected chi connectivity index (χ0v) is 10.8. The average Bonchev–Trinajstić information content (AvgIpc) is 2.79. The molecule has 1 unspecified atom stereocenters. The molecule has 0 spiro atoms. The standard InChI is InChI=1S/C12H22N4O/c1-3-6-10-7-4-5-8-16(10)12-15-14-11(17-12)9-13-2/h10,13H,3-9H2,1-2H3. The van der Waals surface area contributed by atoms with E-state index < -0.39 is 0 Å². The van der Waals surface area contributed by atoms with Gasteiger partial charge in [-0.25, -0.2) is 0 Å². The molecule has 1 aromatic rings. The lowest BCUT2D eigenvalue weighted by atomic mass is 9.99. The van der Waals surface area contributed by atoms with Crippen molar-refractivity contribution in [2.75, 3.05) is 18.5 Å². The van der Waals surface area contributed by atoms with E-state index in [-0.39, 0.29) is 0 Å². The van der Waals surface area contributed by atoms with Gasteiger partial charge in [0.15, 0.2) is 0 Å². The molecular formula is C12H22N4O. The molecule has 0 saturated carbocycles. The molecule has 1 N–H and O–H groups in total. The zero-order chi connectivity index (χ0) is 12.1. The second kappa shape index (κ2) is 6.00. The third kappa shape index (κ3) is 2.97. The van der Waals surface area contributed by atoms with Gasteiger partial charge in [0, 0.05) is 12.6 Å². The maximum absolute atomic E-state index is 5.68. The summed E-state index contributed by atoms with van der Waals surface area (Å²) in [7, 11) is 1.88. The Hall–Kier alpha value is -1.10. The number of nitrogens with one attached hydrogen (secondary N) is 1. The van der Waals surface area contributed by atoms with Crippen molar-refractivity contribution in [3.63, 3.8) is 0 Å². The number of hydrogen-bond acceptors (Lipinski definition) is 5. The molecule has 0 bridgehead atoms. The van der Waals surface area contributed by atoms with Crippen molar-refractivity contribution in [3.8, 4) is 0 Å². The smallest absolute Gasteiger partial charge is 0.318 e. The Morgan fingerprint density at radius 3 is 3.06 bits per heavy atom. The SMILES string of the molecule is CCCC1CCCCN1c1nnc(CNC)o1. The van der Waals surface area contributed by atoms with Crippen LogP contribution in [0.15, 0.2) is 4.42 Å². The fraction of sp³-hybridized carbons (Fsp3) is 0.833. The summed E-state index contributed by atoms with van der Waals surface area (Å²) < 4.78 is 5.68. The van der Waals surface area contributed by atoms with Crippen LogP contribution in [0.3, 0.4) is 0 Å². The second-order valence-corrected chi connectivity index (χ2v) is 4.64. The maximum Gasteiger partial charge on any atom is 0.318 e. The molecule has 0 aromatic carbocycles. The summed E-state index contributed by atoms with van der Waals surface area (Å²) in [6, 6.07) is 1.28. The van der Waals surface area contributed by atoms with Gasteiger partial charge in [0.05, 0.1) is 6.54 Å². The summed E-state index contributed by atoms with van der Waals surface area (Å²) in [6.45, 7) is 3.91. The van der Waals surface area contributed by atoms with Crippen LogP contribution in [-0.4, -0.2) is 29.8 Å². The van der Waals surface area contributed by atoms with Crippen LogP contribution in [0.4, 0.5) is 6.01 Å². The highest BCUT2D eigenvalue weighted by Gasteiger charge is 2.25. The Morgan fingerprint density at radius 2 is 2.29 bits per heavy atom. The van der Waals surface area contributed by atoms with Crippen LogP contribution in [0.5, 0.6) is 0 Å². The average molecular weight is 238 g/mol. The first-order valence-corrected chi connectivity index (χ1v) is 6.58. The second-order valence-electron chi connectivity index (χ2n) is 4.64. The Labute approximate surface area is 103 Å². The highest BCUT2D eigenvalue weighted by molar-refractivity contribution is 5.27. The molecule has 1 atom stereocenters. The van der Waals surface area contributed by atoms with Crippen molar-refractivity contribution in [1.82, 2.24) is 15.5 Å². The van der Waals surface area contributed by atoms with Crippen molar-refractivity contribution < 1.29 is 4.42 Å². The predicted octanol–water partition coefficient (Wildman–Crippen LogP) is 1.95. The quantitative estimate of drug-likeness (QED) is 0.849. The molecule has 1 aliphatic rings. The van der Waals surface area contributed by atoms with Gasteiger partial charge in [-0.05, 0) is 32.7 Å². The summed E-state index contributed by atoms with van der Waals surface area (Å²) in [5.74, 6) is 0.670. The highest BCUT2D eigenvalue weighted by atomic mass is 16.4. The summed E-state index contributed by atoms with van der Waals surface area (Å²) in [4.78, 5) is 2.29. The molecule has 2 heterocycles. The largest absolute Gasteiger partial charge is 0.407 e. The number of nitrogens with zero attached hydrogens (tertiary/aromatic N) is 3. The zero-order valence-electron chi connectivity index (χ0n) is 10.8. The van der Waals surface area contributed by atoms with Crippen molar-refractivity contribution in [2.45, 2.75) is 51.6 Å². The minimum absolute atomic E-state index is 0.580. The van der Waals surface area contributed by atoms with Gasteiger partial charge in [-0.1, -0.05) is 18.4 Å². The molecule has 0 radical (unpaired) electrons. The number of aromatic nitrogens is 2. The van der Waals surface area contributed by atoms with Crippen LogP contribution in [0, 0.1) is 0 Å². The third-order valence-electron chi connectivity index (χ3n) is 3.28. The number of hydrogen-bond donors (Lipinski definition) is 1. The normalized spacial score (nSPS) is 20.8. The molecule has 2 rings (SSSR count). The summed E-state index contributed by atoms with van der Waals surface area (Å²) in [5, 5.41) is 11.2. The predicted molar refractivity (Wildman–Crippen MR) is 67.0 cm³/mol. The van der Waals surface area contributed by atoms with Crippen molar-refractivity contribution in [1.29, 1.82) is 0 Å². The van der Waals surface area contributed by atoms with E-state index in [1.807, 2.05) is 7.05 Å². The Balaban J connectivity index is 2.06. The maximum atomic E-state index is 5.68. The van der Waals surface area contributed by atoms with Crippen LogP contribution in [0.1, 0.15) is 44.9 Å². The van der Waals surface area contributed by atoms with Gasteiger partial charge < -0.3 is 14.6 Å². The first-order valence-electron chi connectivity index (χ1n) is 6.58. The lowest BCUT2D eigenvalue weighted by Gasteiger charge is -2.34. The van der Waals surface area contributed by atoms with Gasteiger partial charge in [0.2, 0.25) is 5.89 Å². The van der Waals surface area contributed by atoms with Crippen LogP contribution < -0.4 is 10.2 Å². The van der Waals surface area contributed by atoms with Crippen LogP contribution in [0.2, 0.25) is 0 Å². The molecule has 0 aliphatic carbocycles. The fourth-order valence-corrected chi connectivity index (χ4v) is 2.47. The molecule has 96 valence electrons. The topological polar surface area (TPSA) is 54.2 Å². The number of rotatable bonds is 5. The van der Waals surface area contributed by atoms with Crippen molar-refractivity contribution in [3.05, 3.63) is 5.89 Å². The highest BCUT2D eigenvalue weighted by Crippen LogP contribution is 2.26. The molecule has 1 fully saturated rings. The summed E-state index contributed by atoms with van der Waals surface area (Å²) in [5.41, 5.74) is 0. The fourth-order valence-electron chi connectivity index (χ4n) is 2.47. The van der Waals surface area contributed by atoms with Gasteiger partial charge >= 0.3 is 6.01 Å². The van der Waals surface area contributed by atoms with E-state index in [2.05, 4.69) is 27.3 Å². The molecule has 5 heteroatoms. The minimum Gasteiger partial charge on any atom is -0.407 e.